The van der Waals surface area contributed by atoms with Crippen LogP contribution in [0.25, 0.3) is 6.08 Å². The summed E-state index contributed by atoms with van der Waals surface area (Å²) in [6, 6.07) is 9.14. The van der Waals surface area contributed by atoms with Gasteiger partial charge in [0.15, 0.2) is 5.71 Å². The Labute approximate surface area is 135 Å². The molecule has 1 aliphatic rings. The molecule has 0 atom stereocenters. The Morgan fingerprint density at radius 3 is 2.61 bits per heavy atom. The lowest BCUT2D eigenvalue weighted by molar-refractivity contribution is -0.402. The average molecular weight is 310 g/mol. The molecule has 0 spiro atoms. The number of hydrogen-bond donors (Lipinski definition) is 0. The van der Waals surface area contributed by atoms with Gasteiger partial charge in [0.2, 0.25) is 5.69 Å². The van der Waals surface area contributed by atoms with Crippen LogP contribution in [0.5, 0.6) is 0 Å². The summed E-state index contributed by atoms with van der Waals surface area (Å²) in [5.41, 5.74) is 4.10. The SMILES string of the molecule is Cn1cccc1C=CC1=[N+](C)c2ccc([N+](=O)[O-])cc2C1(C)C. The van der Waals surface area contributed by atoms with Crippen LogP contribution in [0.2, 0.25) is 0 Å². The van der Waals surface area contributed by atoms with E-state index in [2.05, 4.69) is 41.2 Å². The molecule has 118 valence electrons. The van der Waals surface area contributed by atoms with E-state index in [-0.39, 0.29) is 16.0 Å². The summed E-state index contributed by atoms with van der Waals surface area (Å²) in [6.07, 6.45) is 6.18. The molecule has 1 aromatic carbocycles. The van der Waals surface area contributed by atoms with Crippen LogP contribution >= 0.6 is 0 Å². The summed E-state index contributed by atoms with van der Waals surface area (Å²) in [4.78, 5) is 10.7. The van der Waals surface area contributed by atoms with Crippen molar-refractivity contribution in [3.8, 4) is 0 Å². The van der Waals surface area contributed by atoms with Crippen LogP contribution in [0, 0.1) is 10.1 Å². The zero-order valence-corrected chi connectivity index (χ0v) is 13.8. The molecule has 0 saturated carbocycles. The fourth-order valence-electron chi connectivity index (χ4n) is 3.25. The molecular weight excluding hydrogens is 290 g/mol. The van der Waals surface area contributed by atoms with Crippen LogP contribution in [0.3, 0.4) is 0 Å². The lowest BCUT2D eigenvalue weighted by atomic mass is 9.81. The van der Waals surface area contributed by atoms with Crippen molar-refractivity contribution in [2.75, 3.05) is 7.05 Å². The summed E-state index contributed by atoms with van der Waals surface area (Å²) in [6.45, 7) is 4.20. The van der Waals surface area contributed by atoms with Crippen LogP contribution in [0.1, 0.15) is 25.1 Å². The second-order valence-corrected chi connectivity index (χ2v) is 6.41. The highest BCUT2D eigenvalue weighted by Crippen LogP contribution is 2.41. The largest absolute Gasteiger partial charge is 0.351 e. The van der Waals surface area contributed by atoms with Gasteiger partial charge in [0, 0.05) is 48.8 Å². The van der Waals surface area contributed by atoms with Crippen LogP contribution < -0.4 is 0 Å². The van der Waals surface area contributed by atoms with E-state index in [9.17, 15) is 10.1 Å². The zero-order valence-electron chi connectivity index (χ0n) is 13.8. The van der Waals surface area contributed by atoms with Gasteiger partial charge in [-0.2, -0.15) is 4.58 Å². The van der Waals surface area contributed by atoms with Crippen molar-refractivity contribution in [1.29, 1.82) is 0 Å². The molecule has 0 amide bonds. The number of nitro benzene ring substituents is 1. The summed E-state index contributed by atoms with van der Waals surface area (Å²) in [5, 5.41) is 11.1. The minimum Gasteiger partial charge on any atom is -0.351 e. The van der Waals surface area contributed by atoms with Gasteiger partial charge in [0.05, 0.1) is 10.3 Å². The lowest BCUT2D eigenvalue weighted by Gasteiger charge is -2.15. The summed E-state index contributed by atoms with van der Waals surface area (Å²) in [7, 11) is 4.01. The first kappa shape index (κ1) is 15.2. The first-order valence-corrected chi connectivity index (χ1v) is 7.52. The van der Waals surface area contributed by atoms with Gasteiger partial charge < -0.3 is 4.57 Å². The number of nitrogens with zero attached hydrogens (tertiary/aromatic N) is 3. The highest BCUT2D eigenvalue weighted by molar-refractivity contribution is 6.05. The zero-order chi connectivity index (χ0) is 16.8. The third-order valence-corrected chi connectivity index (χ3v) is 4.62. The topological polar surface area (TPSA) is 51.1 Å². The number of rotatable bonds is 3. The van der Waals surface area contributed by atoms with Gasteiger partial charge in [-0.05, 0) is 32.1 Å². The number of nitro groups is 1. The minimum absolute atomic E-state index is 0.137. The molecule has 1 aliphatic heterocycles. The van der Waals surface area contributed by atoms with Crippen molar-refractivity contribution in [1.82, 2.24) is 4.57 Å². The molecule has 5 heteroatoms. The van der Waals surface area contributed by atoms with Crippen molar-refractivity contribution in [3.63, 3.8) is 0 Å². The van der Waals surface area contributed by atoms with E-state index in [4.69, 9.17) is 0 Å². The number of allylic oxidation sites excluding steroid dienone is 1. The van der Waals surface area contributed by atoms with E-state index in [0.29, 0.717) is 0 Å². The second-order valence-electron chi connectivity index (χ2n) is 6.41. The summed E-state index contributed by atoms with van der Waals surface area (Å²) >= 11 is 0. The van der Waals surface area contributed by atoms with Crippen LogP contribution in [-0.4, -0.2) is 26.8 Å². The highest BCUT2D eigenvalue weighted by atomic mass is 16.6. The van der Waals surface area contributed by atoms with Crippen molar-refractivity contribution < 1.29 is 9.50 Å². The van der Waals surface area contributed by atoms with E-state index in [0.717, 1.165) is 22.7 Å². The third-order valence-electron chi connectivity index (χ3n) is 4.62. The maximum absolute atomic E-state index is 11.1. The molecule has 0 radical (unpaired) electrons. The van der Waals surface area contributed by atoms with Gasteiger partial charge in [-0.1, -0.05) is 0 Å². The van der Waals surface area contributed by atoms with Crippen molar-refractivity contribution in [2.45, 2.75) is 19.3 Å². The fraction of sp³-hybridized carbons (Fsp3) is 0.278. The van der Waals surface area contributed by atoms with Crippen LogP contribution in [0.15, 0.2) is 42.6 Å². The molecule has 0 aliphatic carbocycles. The number of non-ortho nitro benzene ring substituents is 1. The molecule has 2 heterocycles. The van der Waals surface area contributed by atoms with E-state index >= 15 is 0 Å². The predicted octanol–water partition coefficient (Wildman–Crippen LogP) is 3.65. The predicted molar refractivity (Wildman–Crippen MR) is 91.4 cm³/mol. The smallest absolute Gasteiger partial charge is 0.270 e. The number of fused-ring (bicyclic) bond motifs is 1. The van der Waals surface area contributed by atoms with E-state index in [1.165, 1.54) is 0 Å². The van der Waals surface area contributed by atoms with E-state index in [1.54, 1.807) is 12.1 Å². The Kier molecular flexibility index (Phi) is 3.43. The summed E-state index contributed by atoms with van der Waals surface area (Å²) in [5.74, 6) is 0. The molecule has 0 unspecified atom stereocenters. The molecule has 2 aromatic rings. The Morgan fingerprint density at radius 1 is 1.26 bits per heavy atom. The number of hydrogen-bond acceptors (Lipinski definition) is 2. The number of aromatic nitrogens is 1. The van der Waals surface area contributed by atoms with Gasteiger partial charge in [-0.15, -0.1) is 0 Å². The fourth-order valence-corrected chi connectivity index (χ4v) is 3.25. The molecule has 0 bridgehead atoms. The Balaban J connectivity index is 2.06. The minimum atomic E-state index is -0.339. The molecule has 0 saturated heterocycles. The van der Waals surface area contributed by atoms with Crippen molar-refractivity contribution >= 4 is 23.2 Å². The van der Waals surface area contributed by atoms with Crippen LogP contribution in [0.4, 0.5) is 11.4 Å². The molecule has 1 aromatic heterocycles. The Bertz CT molecular complexity index is 857. The van der Waals surface area contributed by atoms with E-state index < -0.39 is 0 Å². The molecule has 3 rings (SSSR count). The average Bonchev–Trinajstić information content (AvgIpc) is 2.98. The first-order valence-electron chi connectivity index (χ1n) is 7.52. The van der Waals surface area contributed by atoms with Gasteiger partial charge in [0.25, 0.3) is 5.69 Å². The lowest BCUT2D eigenvalue weighted by Crippen LogP contribution is -2.26. The molecule has 0 fully saturated rings. The van der Waals surface area contributed by atoms with Crippen molar-refractivity contribution in [2.24, 2.45) is 7.05 Å². The Hall–Kier alpha value is -2.69. The molecular formula is C18H20N3O2+. The van der Waals surface area contributed by atoms with Gasteiger partial charge in [-0.3, -0.25) is 10.1 Å². The van der Waals surface area contributed by atoms with Crippen LogP contribution in [-0.2, 0) is 12.5 Å². The highest BCUT2D eigenvalue weighted by Gasteiger charge is 2.43. The number of aryl methyl sites for hydroxylation is 1. The monoisotopic (exact) mass is 310 g/mol. The standard InChI is InChI=1S/C18H20N3O2/c1-18(2)15-12-14(21(22)23)7-9-16(15)20(4)17(18)10-8-13-6-5-11-19(13)3/h5-12H,1-4H3/q+1. The second kappa shape index (κ2) is 5.19. The molecule has 0 N–H and O–H groups in total. The third kappa shape index (κ3) is 2.38. The number of benzene rings is 1. The molecule has 5 nitrogen and oxygen atoms in total. The maximum atomic E-state index is 11.1. The van der Waals surface area contributed by atoms with E-state index in [1.807, 2.05) is 32.4 Å². The van der Waals surface area contributed by atoms with Gasteiger partial charge >= 0.3 is 0 Å². The first-order chi connectivity index (χ1) is 10.8. The van der Waals surface area contributed by atoms with Gasteiger partial charge in [-0.25, -0.2) is 0 Å². The molecule has 23 heavy (non-hydrogen) atoms. The maximum Gasteiger partial charge on any atom is 0.270 e. The summed E-state index contributed by atoms with van der Waals surface area (Å²) < 4.78 is 4.16. The normalized spacial score (nSPS) is 16.2. The van der Waals surface area contributed by atoms with Gasteiger partial charge in [0.1, 0.15) is 7.05 Å². The van der Waals surface area contributed by atoms with Crippen molar-refractivity contribution in [3.05, 3.63) is 64.0 Å². The quantitative estimate of drug-likeness (QED) is 0.493. The Morgan fingerprint density at radius 2 is 2.00 bits per heavy atom.